The summed E-state index contributed by atoms with van der Waals surface area (Å²) in [5.41, 5.74) is 1.92. The van der Waals surface area contributed by atoms with Crippen molar-refractivity contribution in [3.05, 3.63) is 41.5 Å². The van der Waals surface area contributed by atoms with E-state index in [1.54, 1.807) is 0 Å². The molecule has 0 fully saturated rings. The average Bonchev–Trinajstić information content (AvgIpc) is 2.16. The normalized spacial score (nSPS) is 11.2. The zero-order valence-electron chi connectivity index (χ0n) is 7.16. The number of rotatable bonds is 3. The maximum Gasteiger partial charge on any atom is 0.146 e. The van der Waals surface area contributed by atoms with Crippen molar-refractivity contribution < 1.29 is 4.79 Å². The van der Waals surface area contributed by atoms with Gasteiger partial charge in [-0.3, -0.25) is 4.79 Å². The molecule has 0 atom stereocenters. The third kappa shape index (κ3) is 2.35. The van der Waals surface area contributed by atoms with Gasteiger partial charge in [-0.1, -0.05) is 37.3 Å². The van der Waals surface area contributed by atoms with Gasteiger partial charge in [0.15, 0.2) is 0 Å². The van der Waals surface area contributed by atoms with Crippen LogP contribution in [0.5, 0.6) is 0 Å². The number of carbonyl (C=O) groups is 1. The lowest BCUT2D eigenvalue weighted by Crippen LogP contribution is -1.81. The van der Waals surface area contributed by atoms with Gasteiger partial charge in [0.2, 0.25) is 0 Å². The van der Waals surface area contributed by atoms with Crippen molar-refractivity contribution in [1.82, 2.24) is 0 Å². The van der Waals surface area contributed by atoms with E-state index in [-0.39, 0.29) is 0 Å². The molecule has 0 saturated carbocycles. The highest BCUT2D eigenvalue weighted by Gasteiger charge is 1.90. The van der Waals surface area contributed by atoms with Crippen LogP contribution < -0.4 is 0 Å². The number of aldehydes is 1. The molecule has 0 spiro atoms. The second-order valence-electron chi connectivity index (χ2n) is 2.60. The maximum absolute atomic E-state index is 10.5. The number of benzene rings is 1. The topological polar surface area (TPSA) is 17.1 Å². The lowest BCUT2D eigenvalue weighted by molar-refractivity contribution is -0.104. The van der Waals surface area contributed by atoms with Crippen LogP contribution in [-0.2, 0) is 4.79 Å². The van der Waals surface area contributed by atoms with Crippen LogP contribution in [0, 0.1) is 0 Å². The molecule has 0 heterocycles. The molecule has 0 N–H and O–H groups in total. The second-order valence-corrected chi connectivity index (χ2v) is 2.60. The van der Waals surface area contributed by atoms with Crippen LogP contribution in [0.25, 0.3) is 6.08 Å². The zero-order chi connectivity index (χ0) is 8.81. The van der Waals surface area contributed by atoms with Gasteiger partial charge in [-0.25, -0.2) is 0 Å². The van der Waals surface area contributed by atoms with Crippen LogP contribution in [-0.4, -0.2) is 6.29 Å². The number of hydrogen-bond acceptors (Lipinski definition) is 1. The van der Waals surface area contributed by atoms with Gasteiger partial charge in [0.05, 0.1) is 0 Å². The first-order chi connectivity index (χ1) is 5.86. The Morgan fingerprint density at radius 2 is 2.00 bits per heavy atom. The lowest BCUT2D eigenvalue weighted by Gasteiger charge is -1.94. The molecule has 0 aliphatic heterocycles. The SMILES string of the molecule is CC/C(C=O)=C\c1ccccc1. The first-order valence-electron chi connectivity index (χ1n) is 4.07. The van der Waals surface area contributed by atoms with E-state index in [9.17, 15) is 4.79 Å². The standard InChI is InChI=1S/C11H12O/c1-2-10(9-12)8-11-6-4-3-5-7-11/h3-9H,2H2,1H3/b10-8+. The number of hydrogen-bond donors (Lipinski definition) is 0. The predicted octanol–water partition coefficient (Wildman–Crippen LogP) is 2.68. The molecule has 1 nitrogen and oxygen atoms in total. The quantitative estimate of drug-likeness (QED) is 0.490. The van der Waals surface area contributed by atoms with Crippen molar-refractivity contribution in [2.24, 2.45) is 0 Å². The number of carbonyl (C=O) groups excluding carboxylic acids is 1. The van der Waals surface area contributed by atoms with Gasteiger partial charge in [-0.05, 0) is 23.6 Å². The summed E-state index contributed by atoms with van der Waals surface area (Å²) in [6.45, 7) is 1.98. The Kier molecular flexibility index (Phi) is 3.27. The summed E-state index contributed by atoms with van der Waals surface area (Å²) in [5.74, 6) is 0. The largest absolute Gasteiger partial charge is 0.298 e. The molecule has 0 saturated heterocycles. The molecule has 0 amide bonds. The summed E-state index contributed by atoms with van der Waals surface area (Å²) < 4.78 is 0. The van der Waals surface area contributed by atoms with Gasteiger partial charge < -0.3 is 0 Å². The van der Waals surface area contributed by atoms with Crippen LogP contribution >= 0.6 is 0 Å². The molecule has 1 aromatic rings. The highest BCUT2D eigenvalue weighted by atomic mass is 16.1. The van der Waals surface area contributed by atoms with Crippen LogP contribution in [0.15, 0.2) is 35.9 Å². The van der Waals surface area contributed by atoms with Crippen molar-refractivity contribution in [3.63, 3.8) is 0 Å². The van der Waals surface area contributed by atoms with E-state index in [0.717, 1.165) is 23.8 Å². The second kappa shape index (κ2) is 4.50. The molecule has 0 aliphatic carbocycles. The van der Waals surface area contributed by atoms with E-state index in [0.29, 0.717) is 0 Å². The molecule has 0 radical (unpaired) electrons. The van der Waals surface area contributed by atoms with Gasteiger partial charge in [-0.15, -0.1) is 0 Å². The van der Waals surface area contributed by atoms with Gasteiger partial charge in [0, 0.05) is 0 Å². The van der Waals surface area contributed by atoms with Gasteiger partial charge in [0.1, 0.15) is 6.29 Å². The molecule has 0 bridgehead atoms. The van der Waals surface area contributed by atoms with Crippen molar-refractivity contribution in [2.45, 2.75) is 13.3 Å². The maximum atomic E-state index is 10.5. The van der Waals surface area contributed by atoms with Crippen molar-refractivity contribution in [1.29, 1.82) is 0 Å². The third-order valence-electron chi connectivity index (χ3n) is 1.71. The highest BCUT2D eigenvalue weighted by Crippen LogP contribution is 2.06. The molecule has 0 aliphatic rings. The fourth-order valence-corrected chi connectivity index (χ4v) is 0.983. The molecule has 0 aromatic heterocycles. The van der Waals surface area contributed by atoms with E-state index in [4.69, 9.17) is 0 Å². The Morgan fingerprint density at radius 1 is 1.33 bits per heavy atom. The molecule has 12 heavy (non-hydrogen) atoms. The number of allylic oxidation sites excluding steroid dienone is 1. The smallest absolute Gasteiger partial charge is 0.146 e. The van der Waals surface area contributed by atoms with Crippen LogP contribution in [0.1, 0.15) is 18.9 Å². The fraction of sp³-hybridized carbons (Fsp3) is 0.182. The summed E-state index contributed by atoms with van der Waals surface area (Å²) >= 11 is 0. The molecule has 0 unspecified atom stereocenters. The lowest BCUT2D eigenvalue weighted by atomic mass is 10.1. The van der Waals surface area contributed by atoms with Crippen molar-refractivity contribution in [2.75, 3.05) is 0 Å². The van der Waals surface area contributed by atoms with E-state index in [1.807, 2.05) is 43.3 Å². The minimum atomic E-state index is 0.790. The zero-order valence-corrected chi connectivity index (χ0v) is 7.16. The third-order valence-corrected chi connectivity index (χ3v) is 1.71. The molecule has 1 heteroatoms. The van der Waals surface area contributed by atoms with Crippen LogP contribution in [0.3, 0.4) is 0 Å². The van der Waals surface area contributed by atoms with Crippen LogP contribution in [0.2, 0.25) is 0 Å². The molecular weight excluding hydrogens is 148 g/mol. The molecular formula is C11H12O. The Labute approximate surface area is 72.7 Å². The van der Waals surface area contributed by atoms with E-state index < -0.39 is 0 Å². The minimum absolute atomic E-state index is 0.790. The first kappa shape index (κ1) is 8.72. The molecule has 62 valence electrons. The summed E-state index contributed by atoms with van der Waals surface area (Å²) in [6, 6.07) is 9.86. The monoisotopic (exact) mass is 160 g/mol. The Hall–Kier alpha value is -1.37. The van der Waals surface area contributed by atoms with Gasteiger partial charge >= 0.3 is 0 Å². The first-order valence-corrected chi connectivity index (χ1v) is 4.07. The van der Waals surface area contributed by atoms with E-state index >= 15 is 0 Å². The summed E-state index contributed by atoms with van der Waals surface area (Å²) in [6.07, 6.45) is 3.61. The minimum Gasteiger partial charge on any atom is -0.298 e. The average molecular weight is 160 g/mol. The summed E-state index contributed by atoms with van der Waals surface area (Å²) in [5, 5.41) is 0. The van der Waals surface area contributed by atoms with Crippen molar-refractivity contribution >= 4 is 12.4 Å². The highest BCUT2D eigenvalue weighted by molar-refractivity contribution is 5.81. The molecule has 1 aromatic carbocycles. The Morgan fingerprint density at radius 3 is 2.50 bits per heavy atom. The Bertz CT molecular complexity index is 272. The van der Waals surface area contributed by atoms with E-state index in [2.05, 4.69) is 0 Å². The fourth-order valence-electron chi connectivity index (χ4n) is 0.983. The van der Waals surface area contributed by atoms with E-state index in [1.165, 1.54) is 0 Å². The summed E-state index contributed by atoms with van der Waals surface area (Å²) in [4.78, 5) is 10.5. The van der Waals surface area contributed by atoms with Crippen LogP contribution in [0.4, 0.5) is 0 Å². The summed E-state index contributed by atoms with van der Waals surface area (Å²) in [7, 11) is 0. The van der Waals surface area contributed by atoms with Gasteiger partial charge in [-0.2, -0.15) is 0 Å². The molecule has 1 rings (SSSR count). The predicted molar refractivity (Wildman–Crippen MR) is 50.8 cm³/mol. The Balaban J connectivity index is 2.86. The van der Waals surface area contributed by atoms with Gasteiger partial charge in [0.25, 0.3) is 0 Å². The van der Waals surface area contributed by atoms with Crippen molar-refractivity contribution in [3.8, 4) is 0 Å².